The van der Waals surface area contributed by atoms with Crippen molar-refractivity contribution in [2.45, 2.75) is 46.6 Å². The lowest BCUT2D eigenvalue weighted by Gasteiger charge is -2.33. The Bertz CT molecular complexity index is 791. The average Bonchev–Trinajstić information content (AvgIpc) is 3.10. The minimum Gasteiger partial charge on any atom is -0.270 e. The molecule has 3 amide bonds. The number of rotatable bonds is 4. The predicted octanol–water partition coefficient (Wildman–Crippen LogP) is 1.21. The van der Waals surface area contributed by atoms with Crippen LogP contribution in [0.4, 0.5) is 4.79 Å². The number of amidine groups is 1. The zero-order valence-corrected chi connectivity index (χ0v) is 15.5. The Kier molecular flexibility index (Phi) is 4.45. The van der Waals surface area contributed by atoms with Gasteiger partial charge in [-0.25, -0.2) is 9.37 Å². The maximum atomic E-state index is 13.0. The lowest BCUT2D eigenvalue weighted by molar-refractivity contribution is -0.537. The van der Waals surface area contributed by atoms with Crippen molar-refractivity contribution in [3.05, 3.63) is 17.5 Å². The van der Waals surface area contributed by atoms with E-state index in [1.54, 1.807) is 11.7 Å². The summed E-state index contributed by atoms with van der Waals surface area (Å²) in [6, 6.07) is 1.10. The number of fused-ring (bicyclic) bond motifs is 1. The molecule has 0 aromatic carbocycles. The van der Waals surface area contributed by atoms with Gasteiger partial charge >= 0.3 is 12.0 Å². The molecule has 0 spiro atoms. The highest BCUT2D eigenvalue weighted by Gasteiger charge is 2.52. The Labute approximate surface area is 147 Å². The number of aromatic nitrogens is 2. The van der Waals surface area contributed by atoms with Crippen molar-refractivity contribution < 1.29 is 14.2 Å². The van der Waals surface area contributed by atoms with E-state index in [9.17, 15) is 9.59 Å². The molecule has 8 nitrogen and oxygen atoms in total. The first-order valence-electron chi connectivity index (χ1n) is 8.75. The molecule has 8 heteroatoms. The Balaban J connectivity index is 2.13. The molecule has 1 saturated heterocycles. The number of amides is 3. The fourth-order valence-corrected chi connectivity index (χ4v) is 3.41. The molecular formula is C17H25N6O2+. The van der Waals surface area contributed by atoms with E-state index in [1.165, 1.54) is 9.80 Å². The first kappa shape index (κ1) is 17.3. The highest BCUT2D eigenvalue weighted by Crippen LogP contribution is 2.21. The first-order valence-corrected chi connectivity index (χ1v) is 8.75. The normalized spacial score (nSPS) is 20.5. The number of hydrogen-bond donors (Lipinski definition) is 0. The molecular weight excluding hydrogens is 320 g/mol. The van der Waals surface area contributed by atoms with Gasteiger partial charge < -0.3 is 0 Å². The lowest BCUT2D eigenvalue weighted by atomic mass is 10.1. The third-order valence-electron chi connectivity index (χ3n) is 4.50. The molecule has 1 aromatic heterocycles. The van der Waals surface area contributed by atoms with Gasteiger partial charge in [-0.3, -0.25) is 14.6 Å². The number of urea groups is 1. The molecule has 2 aliphatic rings. The van der Waals surface area contributed by atoms with Crippen LogP contribution < -0.4 is 0 Å². The van der Waals surface area contributed by atoms with Crippen LogP contribution in [0.1, 0.15) is 38.1 Å². The van der Waals surface area contributed by atoms with Crippen molar-refractivity contribution in [3.63, 3.8) is 0 Å². The smallest absolute Gasteiger partial charge is 0.270 e. The maximum absolute atomic E-state index is 13.0. The molecule has 0 aliphatic carbocycles. The number of nitrogens with zero attached hydrogens (tertiary/aromatic N) is 6. The van der Waals surface area contributed by atoms with E-state index >= 15 is 0 Å². The third-order valence-corrected chi connectivity index (χ3v) is 4.50. The number of carbonyl (C=O) groups excluding carboxylic acids is 2. The quantitative estimate of drug-likeness (QED) is 0.770. The van der Waals surface area contributed by atoms with E-state index in [0.717, 1.165) is 24.2 Å². The van der Waals surface area contributed by atoms with E-state index in [2.05, 4.69) is 17.0 Å². The highest BCUT2D eigenvalue weighted by molar-refractivity contribution is 6.22. The molecule has 1 atom stereocenters. The molecule has 1 unspecified atom stereocenters. The molecule has 0 radical (unpaired) electrons. The summed E-state index contributed by atoms with van der Waals surface area (Å²) in [7, 11) is 1.68. The van der Waals surface area contributed by atoms with Gasteiger partial charge in [0.25, 0.3) is 5.91 Å². The molecule has 2 aliphatic heterocycles. The van der Waals surface area contributed by atoms with Gasteiger partial charge in [-0.15, -0.1) is 9.78 Å². The molecule has 3 heterocycles. The minimum atomic E-state index is -0.562. The van der Waals surface area contributed by atoms with Crippen LogP contribution >= 0.6 is 0 Å². The van der Waals surface area contributed by atoms with E-state index in [1.807, 2.05) is 31.4 Å². The summed E-state index contributed by atoms with van der Waals surface area (Å²) >= 11 is 0. The van der Waals surface area contributed by atoms with Gasteiger partial charge in [0.05, 0.1) is 12.2 Å². The Morgan fingerprint density at radius 2 is 1.92 bits per heavy atom. The molecule has 25 heavy (non-hydrogen) atoms. The molecule has 1 aromatic rings. The fraction of sp³-hybridized carbons (Fsp3) is 0.588. The van der Waals surface area contributed by atoms with Crippen LogP contribution in [0.15, 0.2) is 11.1 Å². The summed E-state index contributed by atoms with van der Waals surface area (Å²) in [6.07, 6.45) is 1.59. The van der Waals surface area contributed by atoms with Gasteiger partial charge in [0.2, 0.25) is 11.9 Å². The number of imide groups is 1. The van der Waals surface area contributed by atoms with E-state index in [4.69, 9.17) is 0 Å². The van der Waals surface area contributed by atoms with Gasteiger partial charge in [0.1, 0.15) is 5.69 Å². The van der Waals surface area contributed by atoms with Crippen molar-refractivity contribution >= 4 is 23.7 Å². The fourth-order valence-electron chi connectivity index (χ4n) is 3.41. The average molecular weight is 345 g/mol. The Morgan fingerprint density at radius 3 is 2.48 bits per heavy atom. The summed E-state index contributed by atoms with van der Waals surface area (Å²) in [6.45, 7) is 8.98. The second-order valence-electron chi connectivity index (χ2n) is 6.54. The monoisotopic (exact) mass is 345 g/mol. The molecule has 3 rings (SSSR count). The van der Waals surface area contributed by atoms with Crippen molar-refractivity contribution in [2.24, 2.45) is 4.99 Å². The van der Waals surface area contributed by atoms with E-state index in [-0.39, 0.29) is 11.9 Å². The summed E-state index contributed by atoms with van der Waals surface area (Å²) in [5.41, 5.74) is 1.84. The number of hydrogen-bond acceptors (Lipinski definition) is 4. The zero-order chi connectivity index (χ0) is 18.3. The zero-order valence-electron chi connectivity index (χ0n) is 15.5. The van der Waals surface area contributed by atoms with Crippen molar-refractivity contribution in [1.29, 1.82) is 0 Å². The SMILES string of the molecule is CCCN1C(=O)C2C(=NC(n3nc(C)cc3C)=[N+]2CCC)N(C)C1=O. The van der Waals surface area contributed by atoms with Crippen LogP contribution in [-0.4, -0.2) is 74.1 Å². The number of likely N-dealkylation sites (N-methyl/N-ethyl adjacent to an activating group) is 1. The van der Waals surface area contributed by atoms with Gasteiger partial charge in [-0.1, -0.05) is 18.8 Å². The second-order valence-corrected chi connectivity index (χ2v) is 6.54. The predicted molar refractivity (Wildman–Crippen MR) is 93.9 cm³/mol. The summed E-state index contributed by atoms with van der Waals surface area (Å²) < 4.78 is 3.72. The first-order chi connectivity index (χ1) is 11.9. The van der Waals surface area contributed by atoms with Gasteiger partial charge in [-0.2, -0.15) is 0 Å². The van der Waals surface area contributed by atoms with Crippen LogP contribution in [0.2, 0.25) is 0 Å². The number of aliphatic imine (C=N–C) groups is 1. The van der Waals surface area contributed by atoms with Crippen molar-refractivity contribution in [1.82, 2.24) is 19.6 Å². The standard InChI is InChI=1S/C17H25N6O2/c1-6-8-21-13-14(18-16(21)23-12(4)10-11(3)19-23)20(5)17(25)22(9-7-2)15(13)24/h10,13H,6-9H2,1-5H3/q+1. The topological polar surface area (TPSA) is 73.8 Å². The van der Waals surface area contributed by atoms with Gasteiger partial charge in [-0.05, 0) is 32.8 Å². The Morgan fingerprint density at radius 1 is 1.20 bits per heavy atom. The molecule has 0 bridgehead atoms. The van der Waals surface area contributed by atoms with Crippen molar-refractivity contribution in [3.8, 4) is 0 Å². The third kappa shape index (κ3) is 2.65. The van der Waals surface area contributed by atoms with Crippen LogP contribution in [0.3, 0.4) is 0 Å². The van der Waals surface area contributed by atoms with E-state index in [0.29, 0.717) is 24.9 Å². The Hall–Kier alpha value is -2.51. The highest BCUT2D eigenvalue weighted by atomic mass is 16.2. The summed E-state index contributed by atoms with van der Waals surface area (Å²) in [4.78, 5) is 33.0. The lowest BCUT2D eigenvalue weighted by Crippen LogP contribution is -2.62. The molecule has 0 saturated carbocycles. The van der Waals surface area contributed by atoms with Crippen molar-refractivity contribution in [2.75, 3.05) is 20.1 Å². The van der Waals surface area contributed by atoms with Gasteiger partial charge in [0, 0.05) is 13.6 Å². The van der Waals surface area contributed by atoms with Crippen LogP contribution in [-0.2, 0) is 4.79 Å². The molecule has 134 valence electrons. The van der Waals surface area contributed by atoms with Crippen LogP contribution in [0, 0.1) is 13.8 Å². The number of carbonyl (C=O) groups is 2. The maximum Gasteiger partial charge on any atom is 0.421 e. The van der Waals surface area contributed by atoms with Crippen LogP contribution in [0.5, 0.6) is 0 Å². The molecule has 0 N–H and O–H groups in total. The van der Waals surface area contributed by atoms with Crippen LogP contribution in [0.25, 0.3) is 0 Å². The number of aryl methyl sites for hydroxylation is 2. The largest absolute Gasteiger partial charge is 0.421 e. The summed E-state index contributed by atoms with van der Waals surface area (Å²) in [5, 5.41) is 4.51. The second kappa shape index (κ2) is 6.42. The minimum absolute atomic E-state index is 0.200. The molecule has 1 fully saturated rings. The van der Waals surface area contributed by atoms with Gasteiger partial charge in [0.15, 0.2) is 0 Å². The van der Waals surface area contributed by atoms with E-state index < -0.39 is 6.04 Å². The summed E-state index contributed by atoms with van der Waals surface area (Å²) in [5.74, 6) is 0.894.